The highest BCUT2D eigenvalue weighted by molar-refractivity contribution is 6.00. The second-order valence-corrected chi connectivity index (χ2v) is 4.65. The lowest BCUT2D eigenvalue weighted by atomic mass is 10.1. The van der Waals surface area contributed by atoms with Gasteiger partial charge in [0, 0.05) is 11.1 Å². The Hall–Kier alpha value is -3.08. The molecule has 0 aliphatic heterocycles. The number of ether oxygens (including phenoxy) is 1. The van der Waals surface area contributed by atoms with Gasteiger partial charge in [0.05, 0.1) is 12.8 Å². The third kappa shape index (κ3) is 2.44. The number of aldehydes is 1. The molecule has 0 saturated carbocycles. The molecule has 1 aromatic heterocycles. The number of rotatable bonds is 4. The molecule has 0 aliphatic carbocycles. The summed E-state index contributed by atoms with van der Waals surface area (Å²) in [6.07, 6.45) is 0.504. The summed E-state index contributed by atoms with van der Waals surface area (Å²) >= 11 is 0. The Morgan fingerprint density at radius 3 is 2.50 bits per heavy atom. The second-order valence-electron chi connectivity index (χ2n) is 4.65. The minimum absolute atomic E-state index is 0.0329. The third-order valence-electron chi connectivity index (χ3n) is 3.33. The average molecular weight is 295 g/mol. The van der Waals surface area contributed by atoms with E-state index in [0.29, 0.717) is 22.9 Å². The summed E-state index contributed by atoms with van der Waals surface area (Å²) in [5.74, 6) is 0.721. The number of carbonyl (C=O) groups is 1. The van der Waals surface area contributed by atoms with Crippen LogP contribution in [0.5, 0.6) is 5.75 Å². The van der Waals surface area contributed by atoms with E-state index in [2.05, 4.69) is 5.32 Å². The average Bonchev–Trinajstić information content (AvgIpc) is 2.55. The quantitative estimate of drug-likeness (QED) is 0.590. The second kappa shape index (κ2) is 5.73. The highest BCUT2D eigenvalue weighted by Gasteiger charge is 2.14. The van der Waals surface area contributed by atoms with E-state index in [0.717, 1.165) is 11.4 Å². The van der Waals surface area contributed by atoms with Gasteiger partial charge < -0.3 is 14.5 Å². The zero-order valence-corrected chi connectivity index (χ0v) is 11.8. The van der Waals surface area contributed by atoms with Crippen molar-refractivity contribution >= 4 is 28.6 Å². The van der Waals surface area contributed by atoms with Gasteiger partial charge in [0.25, 0.3) is 0 Å². The maximum atomic E-state index is 11.9. The molecule has 5 heteroatoms. The van der Waals surface area contributed by atoms with Gasteiger partial charge in [-0.15, -0.1) is 0 Å². The van der Waals surface area contributed by atoms with Crippen LogP contribution in [0.1, 0.15) is 10.4 Å². The first-order valence-corrected chi connectivity index (χ1v) is 6.65. The zero-order chi connectivity index (χ0) is 15.5. The lowest BCUT2D eigenvalue weighted by Gasteiger charge is -2.11. The number of nitrogens with one attached hydrogen (secondary N) is 1. The lowest BCUT2D eigenvalue weighted by molar-refractivity contribution is 0.112. The van der Waals surface area contributed by atoms with Gasteiger partial charge in [0.2, 0.25) is 0 Å². The summed E-state index contributed by atoms with van der Waals surface area (Å²) in [5.41, 5.74) is 0.903. The highest BCUT2D eigenvalue weighted by atomic mass is 16.5. The summed E-state index contributed by atoms with van der Waals surface area (Å²) in [6.45, 7) is 0. The van der Waals surface area contributed by atoms with Crippen molar-refractivity contribution in [1.29, 1.82) is 0 Å². The first kappa shape index (κ1) is 13.9. The number of hydrogen-bond donors (Lipinski definition) is 1. The van der Waals surface area contributed by atoms with E-state index in [1.54, 1.807) is 49.6 Å². The molecular weight excluding hydrogens is 282 g/mol. The molecule has 0 radical (unpaired) electrons. The van der Waals surface area contributed by atoms with Crippen LogP contribution in [0.25, 0.3) is 11.0 Å². The van der Waals surface area contributed by atoms with Crippen molar-refractivity contribution in [1.82, 2.24) is 0 Å². The molecule has 3 aromatic rings. The van der Waals surface area contributed by atoms with Crippen molar-refractivity contribution in [3.05, 3.63) is 64.5 Å². The van der Waals surface area contributed by atoms with E-state index in [9.17, 15) is 9.59 Å². The van der Waals surface area contributed by atoms with E-state index in [1.807, 2.05) is 6.07 Å². The van der Waals surface area contributed by atoms with E-state index < -0.39 is 5.63 Å². The van der Waals surface area contributed by atoms with Crippen LogP contribution in [-0.4, -0.2) is 13.4 Å². The molecule has 110 valence electrons. The first-order valence-electron chi connectivity index (χ1n) is 6.65. The first-order chi connectivity index (χ1) is 10.7. The van der Waals surface area contributed by atoms with Crippen LogP contribution >= 0.6 is 0 Å². The fourth-order valence-electron chi connectivity index (χ4n) is 2.22. The van der Waals surface area contributed by atoms with Gasteiger partial charge in [-0.3, -0.25) is 4.79 Å². The highest BCUT2D eigenvalue weighted by Crippen LogP contribution is 2.28. The number of para-hydroxylation sites is 1. The van der Waals surface area contributed by atoms with Crippen LogP contribution < -0.4 is 15.7 Å². The van der Waals surface area contributed by atoms with Crippen molar-refractivity contribution in [2.45, 2.75) is 0 Å². The Morgan fingerprint density at radius 1 is 1.09 bits per heavy atom. The summed E-state index contributed by atoms with van der Waals surface area (Å²) < 4.78 is 10.3. The monoisotopic (exact) mass is 295 g/mol. The molecule has 0 unspecified atom stereocenters. The smallest absolute Gasteiger partial charge is 0.349 e. The fourth-order valence-corrected chi connectivity index (χ4v) is 2.22. The van der Waals surface area contributed by atoms with E-state index in [4.69, 9.17) is 9.15 Å². The molecule has 5 nitrogen and oxygen atoms in total. The van der Waals surface area contributed by atoms with Crippen molar-refractivity contribution in [2.24, 2.45) is 0 Å². The van der Waals surface area contributed by atoms with Crippen LogP contribution in [-0.2, 0) is 0 Å². The Balaban J connectivity index is 2.15. The van der Waals surface area contributed by atoms with Crippen LogP contribution in [0.15, 0.2) is 57.7 Å². The van der Waals surface area contributed by atoms with Crippen molar-refractivity contribution < 1.29 is 13.9 Å². The Bertz CT molecular complexity index is 881. The standard InChI is InChI=1S/C17H13NO4/c1-21-12-8-6-11(7-9-12)18-16-13-4-2-3-5-15(13)22-17(20)14(16)10-19/h2-10,18H,1H3. The van der Waals surface area contributed by atoms with Crippen LogP contribution in [0.3, 0.4) is 0 Å². The molecule has 0 aliphatic rings. The fraction of sp³-hybridized carbons (Fsp3) is 0.0588. The van der Waals surface area contributed by atoms with Crippen LogP contribution in [0.4, 0.5) is 11.4 Å². The molecule has 1 heterocycles. The predicted molar refractivity (Wildman–Crippen MR) is 84.1 cm³/mol. The van der Waals surface area contributed by atoms with Gasteiger partial charge in [0.1, 0.15) is 16.9 Å². The van der Waals surface area contributed by atoms with Gasteiger partial charge in [-0.1, -0.05) is 12.1 Å². The molecule has 0 bridgehead atoms. The molecule has 0 spiro atoms. The number of anilines is 2. The van der Waals surface area contributed by atoms with Crippen molar-refractivity contribution in [2.75, 3.05) is 12.4 Å². The molecule has 0 amide bonds. The van der Waals surface area contributed by atoms with Crippen LogP contribution in [0, 0.1) is 0 Å². The Labute approximate surface area is 126 Å². The third-order valence-corrected chi connectivity index (χ3v) is 3.33. The largest absolute Gasteiger partial charge is 0.497 e. The Kier molecular flexibility index (Phi) is 3.62. The van der Waals surface area contributed by atoms with Gasteiger partial charge >= 0.3 is 5.63 Å². The zero-order valence-electron chi connectivity index (χ0n) is 11.8. The molecule has 0 atom stereocenters. The van der Waals surface area contributed by atoms with Gasteiger partial charge in [-0.25, -0.2) is 4.79 Å². The summed E-state index contributed by atoms with van der Waals surface area (Å²) in [5, 5.41) is 3.78. The van der Waals surface area contributed by atoms with Gasteiger partial charge in [-0.2, -0.15) is 0 Å². The molecule has 3 rings (SSSR count). The maximum absolute atomic E-state index is 11.9. The summed E-state index contributed by atoms with van der Waals surface area (Å²) in [7, 11) is 1.59. The van der Waals surface area contributed by atoms with E-state index >= 15 is 0 Å². The van der Waals surface area contributed by atoms with Crippen molar-refractivity contribution in [3.8, 4) is 5.75 Å². The van der Waals surface area contributed by atoms with Gasteiger partial charge in [-0.05, 0) is 36.4 Å². The molecule has 2 aromatic carbocycles. The molecule has 0 fully saturated rings. The van der Waals surface area contributed by atoms with Crippen LogP contribution in [0.2, 0.25) is 0 Å². The number of benzene rings is 2. The topological polar surface area (TPSA) is 68.5 Å². The molecular formula is C17H13NO4. The maximum Gasteiger partial charge on any atom is 0.349 e. The number of methoxy groups -OCH3 is 1. The summed E-state index contributed by atoms with van der Waals surface area (Å²) in [6, 6.07) is 14.2. The van der Waals surface area contributed by atoms with E-state index in [-0.39, 0.29) is 5.56 Å². The lowest BCUT2D eigenvalue weighted by Crippen LogP contribution is -2.10. The minimum Gasteiger partial charge on any atom is -0.497 e. The molecule has 22 heavy (non-hydrogen) atoms. The van der Waals surface area contributed by atoms with E-state index in [1.165, 1.54) is 0 Å². The van der Waals surface area contributed by atoms with Gasteiger partial charge in [0.15, 0.2) is 6.29 Å². The molecule has 0 saturated heterocycles. The SMILES string of the molecule is COc1ccc(Nc2c(C=O)c(=O)oc3ccccc23)cc1. The van der Waals surface area contributed by atoms with Crippen molar-refractivity contribution in [3.63, 3.8) is 0 Å². The minimum atomic E-state index is -0.662. The Morgan fingerprint density at radius 2 is 1.82 bits per heavy atom. The number of fused-ring (bicyclic) bond motifs is 1. The normalized spacial score (nSPS) is 10.4. The predicted octanol–water partition coefficient (Wildman–Crippen LogP) is 3.36. The number of hydrogen-bond acceptors (Lipinski definition) is 5. The molecule has 1 N–H and O–H groups in total. The number of carbonyl (C=O) groups excluding carboxylic acids is 1. The summed E-state index contributed by atoms with van der Waals surface area (Å²) in [4.78, 5) is 23.2.